The van der Waals surface area contributed by atoms with Crippen molar-refractivity contribution in [3.8, 4) is 11.3 Å². The highest BCUT2D eigenvalue weighted by Crippen LogP contribution is 2.16. The van der Waals surface area contributed by atoms with Gasteiger partial charge >= 0.3 is 0 Å². The normalized spacial score (nSPS) is 18.4. The van der Waals surface area contributed by atoms with Gasteiger partial charge in [0, 0.05) is 24.5 Å². The third-order valence-electron chi connectivity index (χ3n) is 3.37. The lowest BCUT2D eigenvalue weighted by Gasteiger charge is -2.10. The number of anilines is 1. The summed E-state index contributed by atoms with van der Waals surface area (Å²) in [6.45, 7) is 3.17. The number of pyridine rings is 1. The maximum absolute atomic E-state index is 4.24. The quantitative estimate of drug-likeness (QED) is 0.868. The van der Waals surface area contributed by atoms with Crippen molar-refractivity contribution >= 4 is 5.82 Å². The lowest BCUT2D eigenvalue weighted by atomic mass is 10.1. The molecule has 1 fully saturated rings. The molecule has 5 nitrogen and oxygen atoms in total. The first kappa shape index (κ1) is 12.0. The molecule has 0 aromatic carbocycles. The molecule has 0 radical (unpaired) electrons. The summed E-state index contributed by atoms with van der Waals surface area (Å²) in [5.74, 6) is 1.53. The van der Waals surface area contributed by atoms with Crippen LogP contribution in [0.2, 0.25) is 0 Å². The van der Waals surface area contributed by atoms with Crippen LogP contribution in [-0.4, -0.2) is 34.8 Å². The fraction of sp³-hybridized carbons (Fsp3) is 0.357. The van der Waals surface area contributed by atoms with Gasteiger partial charge in [-0.2, -0.15) is 0 Å². The predicted octanol–water partition coefficient (Wildman–Crippen LogP) is 1.56. The highest BCUT2D eigenvalue weighted by molar-refractivity contribution is 5.58. The van der Waals surface area contributed by atoms with Crippen LogP contribution in [0.25, 0.3) is 11.3 Å². The zero-order valence-electron chi connectivity index (χ0n) is 10.7. The molecular weight excluding hydrogens is 238 g/mol. The Kier molecular flexibility index (Phi) is 3.65. The van der Waals surface area contributed by atoms with Crippen molar-refractivity contribution in [2.45, 2.75) is 6.42 Å². The van der Waals surface area contributed by atoms with Crippen molar-refractivity contribution in [1.82, 2.24) is 20.5 Å². The second kappa shape index (κ2) is 5.75. The first-order chi connectivity index (χ1) is 9.42. The van der Waals surface area contributed by atoms with Crippen LogP contribution in [0.1, 0.15) is 6.42 Å². The zero-order chi connectivity index (χ0) is 12.9. The minimum Gasteiger partial charge on any atom is -0.368 e. The standard InChI is InChI=1S/C14H17N5/c1-2-14(17-10-11-3-6-16-9-11)19-18-13(1)12-4-7-15-8-5-12/h1-2,4-5,7-8,11,16H,3,6,9-10H2,(H,17,19). The average molecular weight is 255 g/mol. The summed E-state index contributed by atoms with van der Waals surface area (Å²) in [6, 6.07) is 7.82. The molecule has 2 N–H and O–H groups in total. The van der Waals surface area contributed by atoms with Gasteiger partial charge in [-0.1, -0.05) is 0 Å². The SMILES string of the molecule is c1cc(-c2ccc(NCC3CCNC3)nn2)ccn1. The predicted molar refractivity (Wildman–Crippen MR) is 74.7 cm³/mol. The van der Waals surface area contributed by atoms with Crippen LogP contribution < -0.4 is 10.6 Å². The number of hydrogen-bond acceptors (Lipinski definition) is 5. The minimum absolute atomic E-state index is 0.696. The molecule has 3 rings (SSSR count). The maximum atomic E-state index is 4.24. The monoisotopic (exact) mass is 255 g/mol. The molecule has 1 atom stereocenters. The van der Waals surface area contributed by atoms with Gasteiger partial charge in [-0.05, 0) is 49.7 Å². The van der Waals surface area contributed by atoms with E-state index in [1.807, 2.05) is 24.3 Å². The van der Waals surface area contributed by atoms with E-state index in [9.17, 15) is 0 Å². The lowest BCUT2D eigenvalue weighted by Crippen LogP contribution is -2.17. The largest absolute Gasteiger partial charge is 0.368 e. The van der Waals surface area contributed by atoms with Gasteiger partial charge < -0.3 is 10.6 Å². The van der Waals surface area contributed by atoms with E-state index in [0.29, 0.717) is 5.92 Å². The van der Waals surface area contributed by atoms with E-state index in [2.05, 4.69) is 25.8 Å². The van der Waals surface area contributed by atoms with E-state index >= 15 is 0 Å². The molecule has 0 saturated carbocycles. The molecule has 1 unspecified atom stereocenters. The molecule has 5 heteroatoms. The Bertz CT molecular complexity index is 505. The number of nitrogens with zero attached hydrogens (tertiary/aromatic N) is 3. The van der Waals surface area contributed by atoms with Crippen molar-refractivity contribution < 1.29 is 0 Å². The number of nitrogens with one attached hydrogen (secondary N) is 2. The Labute approximate surface area is 112 Å². The van der Waals surface area contributed by atoms with Crippen LogP contribution in [0.3, 0.4) is 0 Å². The Morgan fingerprint density at radius 3 is 2.74 bits per heavy atom. The van der Waals surface area contributed by atoms with Gasteiger partial charge in [-0.3, -0.25) is 4.98 Å². The van der Waals surface area contributed by atoms with Crippen LogP contribution in [0.4, 0.5) is 5.82 Å². The molecule has 2 aromatic rings. The summed E-state index contributed by atoms with van der Waals surface area (Å²) < 4.78 is 0. The van der Waals surface area contributed by atoms with Gasteiger partial charge in [-0.25, -0.2) is 0 Å². The van der Waals surface area contributed by atoms with E-state index in [-0.39, 0.29) is 0 Å². The summed E-state index contributed by atoms with van der Waals surface area (Å²) in [6.07, 6.45) is 4.75. The lowest BCUT2D eigenvalue weighted by molar-refractivity contribution is 0.613. The molecule has 19 heavy (non-hydrogen) atoms. The summed E-state index contributed by atoms with van der Waals surface area (Å²) >= 11 is 0. The maximum Gasteiger partial charge on any atom is 0.148 e. The van der Waals surface area contributed by atoms with Crippen LogP contribution in [-0.2, 0) is 0 Å². The van der Waals surface area contributed by atoms with Gasteiger partial charge in [0.25, 0.3) is 0 Å². The van der Waals surface area contributed by atoms with Gasteiger partial charge in [-0.15, -0.1) is 10.2 Å². The van der Waals surface area contributed by atoms with Gasteiger partial charge in [0.15, 0.2) is 0 Å². The van der Waals surface area contributed by atoms with Crippen molar-refractivity contribution in [3.05, 3.63) is 36.7 Å². The molecule has 98 valence electrons. The molecule has 1 saturated heterocycles. The highest BCUT2D eigenvalue weighted by atomic mass is 15.2. The number of rotatable bonds is 4. The molecular formula is C14H17N5. The molecule has 0 amide bonds. The Balaban J connectivity index is 1.62. The highest BCUT2D eigenvalue weighted by Gasteiger charge is 2.13. The smallest absolute Gasteiger partial charge is 0.148 e. The number of aromatic nitrogens is 3. The van der Waals surface area contributed by atoms with Crippen LogP contribution in [0.15, 0.2) is 36.7 Å². The van der Waals surface area contributed by atoms with E-state index in [4.69, 9.17) is 0 Å². The molecule has 0 spiro atoms. The van der Waals surface area contributed by atoms with Gasteiger partial charge in [0.05, 0.1) is 5.69 Å². The zero-order valence-corrected chi connectivity index (χ0v) is 10.7. The van der Waals surface area contributed by atoms with E-state index in [1.165, 1.54) is 6.42 Å². The third kappa shape index (κ3) is 3.06. The molecule has 1 aliphatic rings. The molecule has 1 aliphatic heterocycles. The van der Waals surface area contributed by atoms with Crippen molar-refractivity contribution in [2.24, 2.45) is 5.92 Å². The molecule has 0 bridgehead atoms. The Hall–Kier alpha value is -2.01. The summed E-state index contributed by atoms with van der Waals surface area (Å²) in [5.41, 5.74) is 1.91. The first-order valence-electron chi connectivity index (χ1n) is 6.60. The summed E-state index contributed by atoms with van der Waals surface area (Å²) in [7, 11) is 0. The second-order valence-electron chi connectivity index (χ2n) is 4.78. The first-order valence-corrected chi connectivity index (χ1v) is 6.60. The third-order valence-corrected chi connectivity index (χ3v) is 3.37. The second-order valence-corrected chi connectivity index (χ2v) is 4.78. The fourth-order valence-electron chi connectivity index (χ4n) is 2.24. The molecule has 3 heterocycles. The van der Waals surface area contributed by atoms with Crippen LogP contribution in [0, 0.1) is 5.92 Å². The van der Waals surface area contributed by atoms with Crippen LogP contribution in [0.5, 0.6) is 0 Å². The van der Waals surface area contributed by atoms with E-state index in [0.717, 1.165) is 36.7 Å². The minimum atomic E-state index is 0.696. The van der Waals surface area contributed by atoms with Crippen LogP contribution >= 0.6 is 0 Å². The topological polar surface area (TPSA) is 62.7 Å². The molecule has 0 aliphatic carbocycles. The van der Waals surface area contributed by atoms with E-state index in [1.54, 1.807) is 12.4 Å². The fourth-order valence-corrected chi connectivity index (χ4v) is 2.24. The number of hydrogen-bond donors (Lipinski definition) is 2. The van der Waals surface area contributed by atoms with Gasteiger partial charge in [0.2, 0.25) is 0 Å². The summed E-state index contributed by atoms with van der Waals surface area (Å²) in [4.78, 5) is 4.00. The van der Waals surface area contributed by atoms with Gasteiger partial charge in [0.1, 0.15) is 5.82 Å². The van der Waals surface area contributed by atoms with E-state index < -0.39 is 0 Å². The van der Waals surface area contributed by atoms with Crippen molar-refractivity contribution in [2.75, 3.05) is 25.0 Å². The summed E-state index contributed by atoms with van der Waals surface area (Å²) in [5, 5.41) is 15.1. The van der Waals surface area contributed by atoms with Crippen molar-refractivity contribution in [1.29, 1.82) is 0 Å². The van der Waals surface area contributed by atoms with Crippen molar-refractivity contribution in [3.63, 3.8) is 0 Å². The Morgan fingerprint density at radius 1 is 1.16 bits per heavy atom. The molecule has 2 aromatic heterocycles. The Morgan fingerprint density at radius 2 is 2.05 bits per heavy atom. The average Bonchev–Trinajstić information content (AvgIpc) is 3.00.